The summed E-state index contributed by atoms with van der Waals surface area (Å²) in [4.78, 5) is 6.94. The predicted molar refractivity (Wildman–Crippen MR) is 115 cm³/mol. The van der Waals surface area contributed by atoms with Gasteiger partial charge in [-0.05, 0) is 36.8 Å². The van der Waals surface area contributed by atoms with Gasteiger partial charge in [0.25, 0.3) is 0 Å². The molecule has 28 heavy (non-hydrogen) atoms. The molecule has 0 spiro atoms. The largest absolute Gasteiger partial charge is 0.493 e. The van der Waals surface area contributed by atoms with Crippen LogP contribution >= 0.6 is 12.1 Å². The van der Waals surface area contributed by atoms with Crippen LogP contribution in [0.15, 0.2) is 24.4 Å². The number of fused-ring (bicyclic) bond motifs is 1. The lowest BCUT2D eigenvalue weighted by Crippen LogP contribution is -2.37. The lowest BCUT2D eigenvalue weighted by Gasteiger charge is -2.36. The minimum Gasteiger partial charge on any atom is -0.493 e. The summed E-state index contributed by atoms with van der Waals surface area (Å²) in [5, 5.41) is 15.6. The van der Waals surface area contributed by atoms with E-state index in [4.69, 9.17) is 19.7 Å². The average Bonchev–Trinajstić information content (AvgIpc) is 2.75. The summed E-state index contributed by atoms with van der Waals surface area (Å²) in [5.74, 6) is 2.57. The molecule has 1 saturated heterocycles. The molecule has 1 atom stereocenters. The van der Waals surface area contributed by atoms with Crippen LogP contribution < -0.4 is 24.2 Å². The summed E-state index contributed by atoms with van der Waals surface area (Å²) in [5.41, 5.74) is 2.05. The monoisotopic (exact) mass is 406 g/mol. The maximum atomic E-state index is 9.09. The number of aromatic nitrogens is 1. The zero-order chi connectivity index (χ0) is 19.9. The Hall–Kier alpha value is -1.74. The first kappa shape index (κ1) is 21.0. The van der Waals surface area contributed by atoms with Crippen LogP contribution in [0.25, 0.3) is 10.9 Å². The van der Waals surface area contributed by atoms with Crippen molar-refractivity contribution >= 4 is 28.7 Å². The smallest absolute Gasteiger partial charge is 0.162 e. The number of pyridine rings is 1. The van der Waals surface area contributed by atoms with Gasteiger partial charge < -0.3 is 19.5 Å². The quantitative estimate of drug-likeness (QED) is 0.547. The molecule has 154 valence electrons. The van der Waals surface area contributed by atoms with Crippen molar-refractivity contribution in [2.75, 3.05) is 44.9 Å². The summed E-state index contributed by atoms with van der Waals surface area (Å²) in [6.45, 7) is 5.46. The van der Waals surface area contributed by atoms with Gasteiger partial charge in [-0.15, -0.1) is 0 Å². The first-order valence-corrected chi connectivity index (χ1v) is 10.6. The van der Waals surface area contributed by atoms with Crippen molar-refractivity contribution in [3.8, 4) is 11.5 Å². The average molecular weight is 407 g/mol. The number of hydrogen-bond donors (Lipinski definition) is 3. The lowest BCUT2D eigenvalue weighted by atomic mass is 9.85. The molecule has 0 radical (unpaired) electrons. The van der Waals surface area contributed by atoms with E-state index in [1.165, 1.54) is 17.8 Å². The van der Waals surface area contributed by atoms with Crippen molar-refractivity contribution < 1.29 is 14.6 Å². The van der Waals surface area contributed by atoms with Crippen LogP contribution in [-0.2, 0) is 0 Å². The third-order valence-corrected chi connectivity index (χ3v) is 5.86. The molecule has 1 aromatic heterocycles. The van der Waals surface area contributed by atoms with E-state index in [2.05, 4.69) is 27.6 Å². The SMILES string of the molecule is COc1cc2nccc(N3CCC(C(C)CNSN)CC3)c2cc1OCCO. The third-order valence-electron chi connectivity index (χ3n) is 5.53. The van der Waals surface area contributed by atoms with Crippen molar-refractivity contribution in [2.45, 2.75) is 19.8 Å². The van der Waals surface area contributed by atoms with Gasteiger partial charge in [-0.2, -0.15) is 0 Å². The molecule has 3 rings (SSSR count). The highest BCUT2D eigenvalue weighted by Crippen LogP contribution is 2.37. The topological polar surface area (TPSA) is 92.9 Å². The number of hydrogen-bond acceptors (Lipinski definition) is 8. The van der Waals surface area contributed by atoms with E-state index < -0.39 is 0 Å². The van der Waals surface area contributed by atoms with Gasteiger partial charge in [-0.3, -0.25) is 14.8 Å². The summed E-state index contributed by atoms with van der Waals surface area (Å²) >= 11 is 1.20. The highest BCUT2D eigenvalue weighted by Gasteiger charge is 2.25. The highest BCUT2D eigenvalue weighted by atomic mass is 32.2. The van der Waals surface area contributed by atoms with E-state index in [-0.39, 0.29) is 13.2 Å². The highest BCUT2D eigenvalue weighted by molar-refractivity contribution is 7.95. The van der Waals surface area contributed by atoms with E-state index in [0.29, 0.717) is 23.3 Å². The molecule has 2 aromatic rings. The van der Waals surface area contributed by atoms with Gasteiger partial charge in [0.1, 0.15) is 6.61 Å². The van der Waals surface area contributed by atoms with Crippen LogP contribution in [0.1, 0.15) is 19.8 Å². The van der Waals surface area contributed by atoms with Gasteiger partial charge in [0.2, 0.25) is 0 Å². The molecule has 7 nitrogen and oxygen atoms in total. The summed E-state index contributed by atoms with van der Waals surface area (Å²) in [6, 6.07) is 5.95. The maximum Gasteiger partial charge on any atom is 0.162 e. The Kier molecular flexibility index (Phi) is 7.61. The van der Waals surface area contributed by atoms with E-state index in [1.54, 1.807) is 7.11 Å². The molecule has 1 aromatic carbocycles. The standard InChI is InChI=1S/C20H30N4O3S/c1-14(13-23-28-21)15-4-7-24(8-5-15)18-3-6-22-17-12-19(26-2)20(11-16(17)18)27-10-9-25/h3,6,11-12,14-15,23,25H,4-5,7-10,13,21H2,1-2H3. The molecule has 8 heteroatoms. The number of rotatable bonds is 9. The second-order valence-electron chi connectivity index (χ2n) is 7.19. The summed E-state index contributed by atoms with van der Waals surface area (Å²) < 4.78 is 14.3. The molecule has 4 N–H and O–H groups in total. The van der Waals surface area contributed by atoms with Crippen molar-refractivity contribution in [1.82, 2.24) is 9.71 Å². The van der Waals surface area contributed by atoms with Crippen molar-refractivity contribution in [3.05, 3.63) is 24.4 Å². The van der Waals surface area contributed by atoms with Crippen LogP contribution in [0.2, 0.25) is 0 Å². The molecular formula is C20H30N4O3S. The van der Waals surface area contributed by atoms with Crippen LogP contribution in [0.5, 0.6) is 11.5 Å². The summed E-state index contributed by atoms with van der Waals surface area (Å²) in [7, 11) is 1.61. The van der Waals surface area contributed by atoms with Crippen molar-refractivity contribution in [3.63, 3.8) is 0 Å². The Bertz CT molecular complexity index is 768. The molecule has 1 aliphatic rings. The van der Waals surface area contributed by atoms with Crippen LogP contribution in [0, 0.1) is 11.8 Å². The van der Waals surface area contributed by atoms with Crippen LogP contribution in [0.3, 0.4) is 0 Å². The van der Waals surface area contributed by atoms with Crippen molar-refractivity contribution in [2.24, 2.45) is 17.0 Å². The Morgan fingerprint density at radius 2 is 2.14 bits per heavy atom. The van der Waals surface area contributed by atoms with Crippen LogP contribution in [-0.4, -0.2) is 50.0 Å². The van der Waals surface area contributed by atoms with Gasteiger partial charge in [-0.1, -0.05) is 6.92 Å². The number of aliphatic hydroxyl groups excluding tert-OH is 1. The zero-order valence-corrected chi connectivity index (χ0v) is 17.4. The second kappa shape index (κ2) is 10.2. The van der Waals surface area contributed by atoms with Crippen LogP contribution in [0.4, 0.5) is 5.69 Å². The Morgan fingerprint density at radius 1 is 1.36 bits per heavy atom. The molecule has 0 saturated carbocycles. The molecule has 0 amide bonds. The first-order valence-electron chi connectivity index (χ1n) is 9.71. The minimum atomic E-state index is -0.0374. The summed E-state index contributed by atoms with van der Waals surface area (Å²) in [6.07, 6.45) is 4.17. The fraction of sp³-hybridized carbons (Fsp3) is 0.550. The van der Waals surface area contributed by atoms with Gasteiger partial charge in [0.15, 0.2) is 11.5 Å². The fourth-order valence-corrected chi connectivity index (χ4v) is 4.26. The molecule has 0 bridgehead atoms. The minimum absolute atomic E-state index is 0.0374. The molecule has 1 aliphatic heterocycles. The Morgan fingerprint density at radius 3 is 2.82 bits per heavy atom. The number of nitrogens with one attached hydrogen (secondary N) is 1. The molecule has 2 heterocycles. The fourth-order valence-electron chi connectivity index (χ4n) is 3.90. The van der Waals surface area contributed by atoms with E-state index in [9.17, 15) is 0 Å². The maximum absolute atomic E-state index is 9.09. The first-order chi connectivity index (χ1) is 13.7. The lowest BCUT2D eigenvalue weighted by molar-refractivity contribution is 0.196. The number of anilines is 1. The molecule has 1 fully saturated rings. The number of nitrogens with zero attached hydrogens (tertiary/aromatic N) is 2. The Labute approximate surface area is 170 Å². The molecule has 0 aliphatic carbocycles. The van der Waals surface area contributed by atoms with E-state index in [0.717, 1.165) is 43.4 Å². The second-order valence-corrected chi connectivity index (χ2v) is 7.71. The van der Waals surface area contributed by atoms with Crippen molar-refractivity contribution in [1.29, 1.82) is 0 Å². The van der Waals surface area contributed by atoms with Gasteiger partial charge in [0, 0.05) is 55.1 Å². The third kappa shape index (κ3) is 4.81. The number of ether oxygens (including phenoxy) is 2. The number of benzene rings is 1. The van der Waals surface area contributed by atoms with Gasteiger partial charge in [0.05, 0.1) is 19.2 Å². The zero-order valence-electron chi connectivity index (χ0n) is 16.6. The van der Waals surface area contributed by atoms with Gasteiger partial charge in [-0.25, -0.2) is 0 Å². The van der Waals surface area contributed by atoms with Gasteiger partial charge >= 0.3 is 0 Å². The number of methoxy groups -OCH3 is 1. The molecule has 1 unspecified atom stereocenters. The number of aliphatic hydroxyl groups is 1. The van der Waals surface area contributed by atoms with E-state index >= 15 is 0 Å². The number of nitrogens with two attached hydrogens (primary N) is 1. The number of piperidine rings is 1. The Balaban J connectivity index is 1.79. The normalized spacial score (nSPS) is 16.4. The predicted octanol–water partition coefficient (Wildman–Crippen LogP) is 2.58. The molecular weight excluding hydrogens is 376 g/mol. The van der Waals surface area contributed by atoms with E-state index in [1.807, 2.05) is 18.3 Å².